The van der Waals surface area contributed by atoms with Crippen molar-refractivity contribution in [2.45, 2.75) is 11.4 Å². The van der Waals surface area contributed by atoms with Crippen molar-refractivity contribution in [3.63, 3.8) is 0 Å². The lowest BCUT2D eigenvalue weighted by Gasteiger charge is -2.20. The highest BCUT2D eigenvalue weighted by Gasteiger charge is 2.23. The molecule has 0 saturated heterocycles. The highest BCUT2D eigenvalue weighted by atomic mass is 32.2. The number of hydrogen-bond donors (Lipinski definition) is 3. The van der Waals surface area contributed by atoms with Crippen molar-refractivity contribution in [2.75, 3.05) is 26.3 Å². The van der Waals surface area contributed by atoms with E-state index in [-0.39, 0.29) is 37.7 Å². The number of sulfonamides is 1. The molecule has 0 aliphatic heterocycles. The maximum absolute atomic E-state index is 12.1. The number of hydrogen-bond acceptors (Lipinski definition) is 6. The Morgan fingerprint density at radius 2 is 1.83 bits per heavy atom. The number of pyridine rings is 1. The summed E-state index contributed by atoms with van der Waals surface area (Å²) >= 11 is 0. The molecule has 1 aromatic rings. The van der Waals surface area contributed by atoms with Gasteiger partial charge in [0.25, 0.3) is 0 Å². The van der Waals surface area contributed by atoms with E-state index in [4.69, 9.17) is 15.9 Å². The molecule has 0 aliphatic rings. The van der Waals surface area contributed by atoms with E-state index in [0.717, 1.165) is 4.31 Å². The fourth-order valence-corrected chi connectivity index (χ4v) is 2.78. The molecule has 0 unspecified atom stereocenters. The van der Waals surface area contributed by atoms with Gasteiger partial charge >= 0.3 is 0 Å². The van der Waals surface area contributed by atoms with Crippen LogP contribution < -0.4 is 5.73 Å². The van der Waals surface area contributed by atoms with Gasteiger partial charge < -0.3 is 15.9 Å². The number of aliphatic hydroxyl groups excluding tert-OH is 2. The summed E-state index contributed by atoms with van der Waals surface area (Å²) in [6.07, 6.45) is 1.22. The van der Waals surface area contributed by atoms with E-state index in [1.54, 1.807) is 0 Å². The van der Waals surface area contributed by atoms with Crippen molar-refractivity contribution in [1.29, 1.82) is 0 Å². The van der Waals surface area contributed by atoms with E-state index in [2.05, 4.69) is 4.98 Å². The van der Waals surface area contributed by atoms with Crippen molar-refractivity contribution in [3.8, 4) is 0 Å². The first-order chi connectivity index (χ1) is 8.56. The number of nitrogens with two attached hydrogens (primary N) is 1. The van der Waals surface area contributed by atoms with Crippen LogP contribution in [-0.4, -0.2) is 54.2 Å². The van der Waals surface area contributed by atoms with Crippen molar-refractivity contribution >= 4 is 10.0 Å². The number of nitrogens with zero attached hydrogens (tertiary/aromatic N) is 2. The van der Waals surface area contributed by atoms with Gasteiger partial charge in [0.05, 0.1) is 18.9 Å². The van der Waals surface area contributed by atoms with Crippen LogP contribution in [0.15, 0.2) is 23.2 Å². The van der Waals surface area contributed by atoms with Gasteiger partial charge in [0.2, 0.25) is 10.0 Å². The molecule has 7 nitrogen and oxygen atoms in total. The summed E-state index contributed by atoms with van der Waals surface area (Å²) in [6, 6.07) is 2.94. The molecule has 0 atom stereocenters. The van der Waals surface area contributed by atoms with Gasteiger partial charge in [0.1, 0.15) is 4.90 Å². The summed E-state index contributed by atoms with van der Waals surface area (Å²) in [7, 11) is -3.74. The van der Waals surface area contributed by atoms with Crippen LogP contribution in [0.5, 0.6) is 0 Å². The normalized spacial score (nSPS) is 12.0. The predicted octanol–water partition coefficient (Wildman–Crippen LogP) is -1.48. The fourth-order valence-electron chi connectivity index (χ4n) is 1.41. The fraction of sp³-hybridized carbons (Fsp3) is 0.500. The van der Waals surface area contributed by atoms with E-state index in [0.29, 0.717) is 5.69 Å². The van der Waals surface area contributed by atoms with Crippen LogP contribution in [0.3, 0.4) is 0 Å². The van der Waals surface area contributed by atoms with Crippen molar-refractivity contribution in [3.05, 3.63) is 24.0 Å². The van der Waals surface area contributed by atoms with Gasteiger partial charge in [0, 0.05) is 25.8 Å². The van der Waals surface area contributed by atoms with Gasteiger partial charge in [-0.1, -0.05) is 0 Å². The van der Waals surface area contributed by atoms with Crippen molar-refractivity contribution in [1.82, 2.24) is 9.29 Å². The standard InChI is InChI=1S/C10H17N3O4S/c11-7-9-1-2-10(8-12-9)18(16,17)13(3-5-14)4-6-15/h1-2,8,14-15H,3-7,11H2. The Morgan fingerprint density at radius 3 is 2.22 bits per heavy atom. The molecule has 0 aromatic carbocycles. The van der Waals surface area contributed by atoms with Crippen molar-refractivity contribution in [2.24, 2.45) is 5.73 Å². The lowest BCUT2D eigenvalue weighted by atomic mass is 10.4. The van der Waals surface area contributed by atoms with E-state index in [1.165, 1.54) is 18.3 Å². The van der Waals surface area contributed by atoms with E-state index < -0.39 is 10.0 Å². The molecule has 1 aromatic heterocycles. The van der Waals surface area contributed by atoms with Crippen molar-refractivity contribution < 1.29 is 18.6 Å². The minimum Gasteiger partial charge on any atom is -0.395 e. The van der Waals surface area contributed by atoms with Gasteiger partial charge in [-0.05, 0) is 12.1 Å². The molecule has 1 heterocycles. The molecule has 0 amide bonds. The van der Waals surface area contributed by atoms with E-state index in [9.17, 15) is 8.42 Å². The first kappa shape index (κ1) is 15.0. The second-order valence-corrected chi connectivity index (χ2v) is 5.48. The zero-order valence-corrected chi connectivity index (χ0v) is 10.7. The Hall–Kier alpha value is -1.06. The third-order valence-electron chi connectivity index (χ3n) is 2.34. The molecule has 0 fully saturated rings. The molecule has 0 radical (unpaired) electrons. The molecule has 0 spiro atoms. The minimum atomic E-state index is -3.74. The molecule has 8 heteroatoms. The Balaban J connectivity index is 3.01. The van der Waals surface area contributed by atoms with Crippen LogP contribution >= 0.6 is 0 Å². The van der Waals surface area contributed by atoms with Gasteiger partial charge in [-0.25, -0.2) is 8.42 Å². The molecule has 18 heavy (non-hydrogen) atoms. The van der Waals surface area contributed by atoms with Gasteiger partial charge in [-0.2, -0.15) is 4.31 Å². The van der Waals surface area contributed by atoms with Crippen LogP contribution in [-0.2, 0) is 16.6 Å². The predicted molar refractivity (Wildman–Crippen MR) is 65.1 cm³/mol. The molecule has 0 aliphatic carbocycles. The van der Waals surface area contributed by atoms with Crippen LogP contribution in [0.4, 0.5) is 0 Å². The molecular weight excluding hydrogens is 258 g/mol. The molecule has 4 N–H and O–H groups in total. The van der Waals surface area contributed by atoms with Gasteiger partial charge in [-0.15, -0.1) is 0 Å². The van der Waals surface area contributed by atoms with Crippen LogP contribution in [0.25, 0.3) is 0 Å². The summed E-state index contributed by atoms with van der Waals surface area (Å²) in [5, 5.41) is 17.7. The first-order valence-corrected chi connectivity index (χ1v) is 6.87. The summed E-state index contributed by atoms with van der Waals surface area (Å²) in [6.45, 7) is -0.526. The summed E-state index contributed by atoms with van der Waals surface area (Å²) in [5.41, 5.74) is 5.96. The zero-order valence-electron chi connectivity index (χ0n) is 9.86. The number of aliphatic hydroxyl groups is 2. The van der Waals surface area contributed by atoms with E-state index in [1.807, 2.05) is 0 Å². The highest BCUT2D eigenvalue weighted by molar-refractivity contribution is 7.89. The average molecular weight is 275 g/mol. The Kier molecular flexibility index (Phi) is 5.63. The van der Waals surface area contributed by atoms with E-state index >= 15 is 0 Å². The topological polar surface area (TPSA) is 117 Å². The molecular formula is C10H17N3O4S. The largest absolute Gasteiger partial charge is 0.395 e. The lowest BCUT2D eigenvalue weighted by molar-refractivity contribution is 0.217. The van der Waals surface area contributed by atoms with Gasteiger partial charge in [-0.3, -0.25) is 4.98 Å². The van der Waals surface area contributed by atoms with Crippen LogP contribution in [0, 0.1) is 0 Å². The second-order valence-electron chi connectivity index (χ2n) is 3.54. The monoisotopic (exact) mass is 275 g/mol. The average Bonchev–Trinajstić information content (AvgIpc) is 2.38. The third kappa shape index (κ3) is 3.47. The number of aromatic nitrogens is 1. The smallest absolute Gasteiger partial charge is 0.244 e. The summed E-state index contributed by atoms with van der Waals surface area (Å²) < 4.78 is 25.3. The van der Waals surface area contributed by atoms with Gasteiger partial charge in [0.15, 0.2) is 0 Å². The Labute approximate surface area is 106 Å². The summed E-state index contributed by atoms with van der Waals surface area (Å²) in [4.78, 5) is 3.93. The molecule has 0 bridgehead atoms. The third-order valence-corrected chi connectivity index (χ3v) is 4.23. The SMILES string of the molecule is NCc1ccc(S(=O)(=O)N(CCO)CCO)cn1. The Bertz CT molecular complexity index is 455. The molecule has 0 saturated carbocycles. The second kappa shape index (κ2) is 6.76. The minimum absolute atomic E-state index is 0.0154. The van der Waals surface area contributed by atoms with Crippen LogP contribution in [0.1, 0.15) is 5.69 Å². The molecule has 1 rings (SSSR count). The zero-order chi connectivity index (χ0) is 13.6. The lowest BCUT2D eigenvalue weighted by Crippen LogP contribution is -2.35. The van der Waals surface area contributed by atoms with Crippen LogP contribution in [0.2, 0.25) is 0 Å². The number of rotatable bonds is 7. The quantitative estimate of drug-likeness (QED) is 0.558. The Morgan fingerprint density at radius 1 is 1.22 bits per heavy atom. The first-order valence-electron chi connectivity index (χ1n) is 5.43. The molecule has 102 valence electrons. The summed E-state index contributed by atoms with van der Waals surface area (Å²) in [5.74, 6) is 0. The maximum atomic E-state index is 12.1. The maximum Gasteiger partial charge on any atom is 0.244 e. The highest BCUT2D eigenvalue weighted by Crippen LogP contribution is 2.14.